The zero-order valence-electron chi connectivity index (χ0n) is 9.73. The van der Waals surface area contributed by atoms with Gasteiger partial charge < -0.3 is 0 Å². The van der Waals surface area contributed by atoms with Gasteiger partial charge in [0.05, 0.1) is 0 Å². The predicted molar refractivity (Wildman–Crippen MR) is 60.6 cm³/mol. The Labute approximate surface area is 96.9 Å². The van der Waals surface area contributed by atoms with E-state index in [4.69, 9.17) is 9.78 Å². The van der Waals surface area contributed by atoms with Gasteiger partial charge in [0, 0.05) is 5.41 Å². The smallest absolute Gasteiger partial charge is 0.117 e. The van der Waals surface area contributed by atoms with Gasteiger partial charge in [0.25, 0.3) is 0 Å². The molecule has 4 saturated carbocycles. The van der Waals surface area contributed by atoms with E-state index in [-0.39, 0.29) is 6.10 Å². The lowest BCUT2D eigenvalue weighted by molar-refractivity contribution is -0.343. The molecule has 2 nitrogen and oxygen atoms in total. The summed E-state index contributed by atoms with van der Waals surface area (Å²) in [5.74, 6) is 2.97. The monoisotopic (exact) mass is 220 g/mol. The lowest BCUT2D eigenvalue weighted by atomic mass is 9.48. The third kappa shape index (κ3) is 1.32. The third-order valence-electron chi connectivity index (χ3n) is 5.34. The second-order valence-corrected chi connectivity index (χ2v) is 6.51. The van der Waals surface area contributed by atoms with Gasteiger partial charge in [-0.15, -0.1) is 0 Å². The molecule has 0 radical (unpaired) electrons. The summed E-state index contributed by atoms with van der Waals surface area (Å²) < 4.78 is 0. The summed E-state index contributed by atoms with van der Waals surface area (Å²) in [6.07, 6.45) is 13.3. The molecule has 1 heterocycles. The van der Waals surface area contributed by atoms with Gasteiger partial charge in [0.1, 0.15) is 12.7 Å². The van der Waals surface area contributed by atoms with E-state index in [1.807, 2.05) is 0 Å². The SMILES string of the molecule is C1=CC(C23CC4CC(CC(C4)C2)C3)OOC1. The van der Waals surface area contributed by atoms with Crippen molar-refractivity contribution in [2.24, 2.45) is 23.2 Å². The van der Waals surface area contributed by atoms with Gasteiger partial charge in [-0.3, -0.25) is 0 Å². The maximum Gasteiger partial charge on any atom is 0.117 e. The molecule has 1 atom stereocenters. The molecule has 0 N–H and O–H groups in total. The molecule has 4 fully saturated rings. The summed E-state index contributed by atoms with van der Waals surface area (Å²) in [4.78, 5) is 10.8. The van der Waals surface area contributed by atoms with Gasteiger partial charge in [0.2, 0.25) is 0 Å². The second-order valence-electron chi connectivity index (χ2n) is 6.51. The molecule has 0 saturated heterocycles. The Morgan fingerprint density at radius 1 is 0.938 bits per heavy atom. The maximum absolute atomic E-state index is 5.58. The van der Waals surface area contributed by atoms with Gasteiger partial charge in [-0.1, -0.05) is 12.2 Å². The Bertz CT molecular complexity index is 285. The van der Waals surface area contributed by atoms with Crippen LogP contribution in [0.4, 0.5) is 0 Å². The summed E-state index contributed by atoms with van der Waals surface area (Å²) in [6, 6.07) is 0. The van der Waals surface area contributed by atoms with Gasteiger partial charge in [-0.05, 0) is 56.3 Å². The topological polar surface area (TPSA) is 18.5 Å². The molecule has 4 bridgehead atoms. The molecule has 0 amide bonds. The fraction of sp³-hybridized carbons (Fsp3) is 0.857. The second kappa shape index (κ2) is 3.33. The van der Waals surface area contributed by atoms with Crippen LogP contribution in [0.2, 0.25) is 0 Å². The van der Waals surface area contributed by atoms with Crippen LogP contribution in [0, 0.1) is 23.2 Å². The highest BCUT2D eigenvalue weighted by atomic mass is 17.2. The molecule has 2 heteroatoms. The first kappa shape index (κ1) is 9.67. The molecule has 1 aliphatic heterocycles. The van der Waals surface area contributed by atoms with E-state index in [1.165, 1.54) is 38.5 Å². The van der Waals surface area contributed by atoms with Crippen molar-refractivity contribution in [1.29, 1.82) is 0 Å². The average Bonchev–Trinajstić information content (AvgIpc) is 2.28. The van der Waals surface area contributed by atoms with E-state index < -0.39 is 0 Å². The standard InChI is InChI=1S/C14H20O2/c1-2-13(16-15-3-1)14-7-10-4-11(8-14)6-12(5-10)9-14/h1-2,10-13H,3-9H2. The van der Waals surface area contributed by atoms with Gasteiger partial charge in [-0.25, -0.2) is 9.78 Å². The van der Waals surface area contributed by atoms with Gasteiger partial charge in [0.15, 0.2) is 0 Å². The Morgan fingerprint density at radius 2 is 1.56 bits per heavy atom. The number of hydrogen-bond acceptors (Lipinski definition) is 2. The minimum Gasteiger partial charge on any atom is -0.232 e. The molecule has 4 aliphatic carbocycles. The molecule has 0 aromatic rings. The maximum atomic E-state index is 5.58. The van der Waals surface area contributed by atoms with Crippen molar-refractivity contribution in [3.63, 3.8) is 0 Å². The van der Waals surface area contributed by atoms with E-state index in [0.29, 0.717) is 12.0 Å². The van der Waals surface area contributed by atoms with Gasteiger partial charge >= 0.3 is 0 Å². The predicted octanol–water partition coefficient (Wildman–Crippen LogP) is 3.09. The molecule has 88 valence electrons. The van der Waals surface area contributed by atoms with E-state index in [0.717, 1.165) is 17.8 Å². The molecule has 16 heavy (non-hydrogen) atoms. The van der Waals surface area contributed by atoms with Crippen LogP contribution in [-0.2, 0) is 9.78 Å². The van der Waals surface area contributed by atoms with Crippen LogP contribution < -0.4 is 0 Å². The lowest BCUT2D eigenvalue weighted by Crippen LogP contribution is -2.52. The van der Waals surface area contributed by atoms with Crippen molar-refractivity contribution in [1.82, 2.24) is 0 Å². The van der Waals surface area contributed by atoms with Crippen molar-refractivity contribution in [3.8, 4) is 0 Å². The number of rotatable bonds is 1. The average molecular weight is 220 g/mol. The van der Waals surface area contributed by atoms with E-state index in [1.54, 1.807) is 0 Å². The highest BCUT2D eigenvalue weighted by molar-refractivity contribution is 5.10. The number of hydrogen-bond donors (Lipinski definition) is 0. The van der Waals surface area contributed by atoms with Crippen molar-refractivity contribution in [2.45, 2.75) is 44.6 Å². The summed E-state index contributed by atoms with van der Waals surface area (Å²) >= 11 is 0. The largest absolute Gasteiger partial charge is 0.232 e. The minimum atomic E-state index is 0.245. The molecule has 5 aliphatic rings. The van der Waals surface area contributed by atoms with E-state index in [2.05, 4.69) is 12.2 Å². The molecular formula is C14H20O2. The lowest BCUT2D eigenvalue weighted by Gasteiger charge is -2.58. The van der Waals surface area contributed by atoms with Crippen molar-refractivity contribution in [3.05, 3.63) is 12.2 Å². The molecule has 0 aromatic heterocycles. The Balaban J connectivity index is 1.65. The van der Waals surface area contributed by atoms with Crippen LogP contribution in [0.3, 0.4) is 0 Å². The molecule has 1 unspecified atom stereocenters. The van der Waals surface area contributed by atoms with Crippen molar-refractivity contribution >= 4 is 0 Å². The zero-order chi connectivity index (χ0) is 10.6. The van der Waals surface area contributed by atoms with E-state index >= 15 is 0 Å². The Kier molecular flexibility index (Phi) is 2.01. The first-order chi connectivity index (χ1) is 7.84. The quantitative estimate of drug-likeness (QED) is 0.499. The summed E-state index contributed by atoms with van der Waals surface area (Å²) in [6.45, 7) is 0.628. The first-order valence-electron chi connectivity index (χ1n) is 6.79. The van der Waals surface area contributed by atoms with Crippen LogP contribution in [-0.4, -0.2) is 12.7 Å². The van der Waals surface area contributed by atoms with Crippen LogP contribution in [0.15, 0.2) is 12.2 Å². The zero-order valence-corrected chi connectivity index (χ0v) is 9.73. The van der Waals surface area contributed by atoms with Gasteiger partial charge in [-0.2, -0.15) is 0 Å². The fourth-order valence-electron chi connectivity index (χ4n) is 5.20. The molecule has 0 spiro atoms. The van der Waals surface area contributed by atoms with E-state index in [9.17, 15) is 0 Å². The summed E-state index contributed by atoms with van der Waals surface area (Å²) in [5, 5.41) is 0. The molecule has 5 rings (SSSR count). The van der Waals surface area contributed by atoms with Crippen LogP contribution >= 0.6 is 0 Å². The fourth-order valence-corrected chi connectivity index (χ4v) is 5.20. The third-order valence-corrected chi connectivity index (χ3v) is 5.34. The Hall–Kier alpha value is -0.340. The molecular weight excluding hydrogens is 200 g/mol. The van der Waals surface area contributed by atoms with Crippen molar-refractivity contribution < 1.29 is 9.78 Å². The highest BCUT2D eigenvalue weighted by Crippen LogP contribution is 2.62. The summed E-state index contributed by atoms with van der Waals surface area (Å²) in [7, 11) is 0. The highest BCUT2D eigenvalue weighted by Gasteiger charge is 2.54. The molecule has 0 aromatic carbocycles. The van der Waals surface area contributed by atoms with Crippen molar-refractivity contribution in [2.75, 3.05) is 6.61 Å². The van der Waals surface area contributed by atoms with Crippen LogP contribution in [0.25, 0.3) is 0 Å². The Morgan fingerprint density at radius 3 is 2.06 bits per heavy atom. The minimum absolute atomic E-state index is 0.245. The normalized spacial score (nSPS) is 54.5. The van der Waals surface area contributed by atoms with Crippen LogP contribution in [0.1, 0.15) is 38.5 Å². The summed E-state index contributed by atoms with van der Waals surface area (Å²) in [5.41, 5.74) is 0.436. The first-order valence-corrected chi connectivity index (χ1v) is 6.79. The van der Waals surface area contributed by atoms with Crippen LogP contribution in [0.5, 0.6) is 0 Å².